The lowest BCUT2D eigenvalue weighted by Gasteiger charge is -2.06. The van der Waals surface area contributed by atoms with Crippen LogP contribution < -0.4 is 0 Å². The highest BCUT2D eigenvalue weighted by Crippen LogP contribution is 2.23. The van der Waals surface area contributed by atoms with E-state index in [1.807, 2.05) is 6.07 Å². The first-order valence-corrected chi connectivity index (χ1v) is 6.04. The van der Waals surface area contributed by atoms with Crippen molar-refractivity contribution in [1.82, 2.24) is 0 Å². The normalized spacial score (nSPS) is 10.8. The molecule has 0 amide bonds. The average Bonchev–Trinajstić information content (AvgIpc) is 2.58. The van der Waals surface area contributed by atoms with Crippen LogP contribution in [0.2, 0.25) is 0 Å². The molecule has 1 radical (unpaired) electrons. The van der Waals surface area contributed by atoms with E-state index in [9.17, 15) is 22.0 Å². The summed E-state index contributed by atoms with van der Waals surface area (Å²) >= 11 is 0. The van der Waals surface area contributed by atoms with Gasteiger partial charge in [0, 0.05) is 5.56 Å². The van der Waals surface area contributed by atoms with E-state index in [4.69, 9.17) is 5.26 Å². The van der Waals surface area contributed by atoms with Crippen molar-refractivity contribution >= 4 is 6.21 Å². The monoisotopic (exact) mass is 325 g/mol. The predicted molar refractivity (Wildman–Crippen MR) is 68.7 cm³/mol. The minimum absolute atomic E-state index is 0.390. The highest BCUT2D eigenvalue weighted by atomic mass is 19.2. The molecule has 23 heavy (non-hydrogen) atoms. The molecule has 0 unspecified atom stereocenters. The molecule has 0 saturated carbocycles. The van der Waals surface area contributed by atoms with Gasteiger partial charge in [0.1, 0.15) is 12.8 Å². The zero-order valence-electron chi connectivity index (χ0n) is 11.2. The topological polar surface area (TPSA) is 45.4 Å². The zero-order chi connectivity index (χ0) is 17.0. The Morgan fingerprint density at radius 3 is 1.83 bits per heavy atom. The Morgan fingerprint density at radius 2 is 1.30 bits per heavy atom. The zero-order valence-corrected chi connectivity index (χ0v) is 11.2. The third kappa shape index (κ3) is 3.45. The molecule has 8 heteroatoms. The maximum absolute atomic E-state index is 13.3. The molecule has 117 valence electrons. The summed E-state index contributed by atoms with van der Waals surface area (Å²) in [6.45, 7) is -0.963. The maximum atomic E-state index is 13.3. The van der Waals surface area contributed by atoms with E-state index in [2.05, 4.69) is 16.2 Å². The van der Waals surface area contributed by atoms with Crippen molar-refractivity contribution in [3.63, 3.8) is 0 Å². The number of halogens is 5. The van der Waals surface area contributed by atoms with E-state index in [1.54, 1.807) is 0 Å². The van der Waals surface area contributed by atoms with Crippen LogP contribution >= 0.6 is 0 Å². The van der Waals surface area contributed by atoms with Crippen LogP contribution in [0.1, 0.15) is 16.7 Å². The summed E-state index contributed by atoms with van der Waals surface area (Å²) in [5, 5.41) is 11.9. The minimum Gasteiger partial charge on any atom is -0.390 e. The van der Waals surface area contributed by atoms with Gasteiger partial charge < -0.3 is 4.84 Å². The van der Waals surface area contributed by atoms with Crippen molar-refractivity contribution in [1.29, 1.82) is 5.26 Å². The molecule has 0 spiro atoms. The number of hydrogen-bond acceptors (Lipinski definition) is 3. The number of benzene rings is 2. The Labute approximate surface area is 127 Å². The summed E-state index contributed by atoms with van der Waals surface area (Å²) in [6.07, 6.45) is 2.33. The number of hydrogen-bond donors (Lipinski definition) is 0. The lowest BCUT2D eigenvalue weighted by Crippen LogP contribution is -2.07. The smallest absolute Gasteiger partial charge is 0.200 e. The molecular weight excluding hydrogens is 319 g/mol. The van der Waals surface area contributed by atoms with Gasteiger partial charge in [0.25, 0.3) is 0 Å². The second-order valence-corrected chi connectivity index (χ2v) is 4.21. The van der Waals surface area contributed by atoms with Gasteiger partial charge in [-0.2, -0.15) is 5.26 Å². The molecule has 0 atom stereocenters. The van der Waals surface area contributed by atoms with Crippen LogP contribution in [0.15, 0.2) is 29.4 Å². The maximum Gasteiger partial charge on any atom is 0.200 e. The van der Waals surface area contributed by atoms with Crippen LogP contribution in [-0.2, 0) is 11.4 Å². The first-order valence-electron chi connectivity index (χ1n) is 6.04. The number of nitrogens with zero attached hydrogens (tertiary/aromatic N) is 2. The van der Waals surface area contributed by atoms with Crippen LogP contribution in [-0.4, -0.2) is 6.21 Å². The molecule has 0 fully saturated rings. The first kappa shape index (κ1) is 16.4. The molecule has 0 aliphatic rings. The molecule has 0 heterocycles. The van der Waals surface area contributed by atoms with E-state index in [0.717, 1.165) is 0 Å². The summed E-state index contributed by atoms with van der Waals surface area (Å²) in [7, 11) is 0. The first-order chi connectivity index (χ1) is 11.0. The van der Waals surface area contributed by atoms with Crippen molar-refractivity contribution in [2.75, 3.05) is 0 Å². The van der Waals surface area contributed by atoms with E-state index in [-0.39, 0.29) is 0 Å². The van der Waals surface area contributed by atoms with E-state index in [1.165, 1.54) is 24.3 Å². The van der Waals surface area contributed by atoms with Crippen LogP contribution in [0.3, 0.4) is 0 Å². The molecule has 0 aromatic heterocycles. The van der Waals surface area contributed by atoms with Gasteiger partial charge in [-0.05, 0) is 12.1 Å². The van der Waals surface area contributed by atoms with Crippen LogP contribution in [0.25, 0.3) is 0 Å². The number of rotatable bonds is 4. The van der Waals surface area contributed by atoms with Crippen molar-refractivity contribution in [2.45, 2.75) is 6.61 Å². The van der Waals surface area contributed by atoms with Gasteiger partial charge in [-0.25, -0.2) is 22.0 Å². The molecule has 0 aliphatic heterocycles. The van der Waals surface area contributed by atoms with Crippen molar-refractivity contribution in [3.05, 3.63) is 70.0 Å². The van der Waals surface area contributed by atoms with E-state index >= 15 is 0 Å². The Bertz CT molecular complexity index is 768. The third-order valence-corrected chi connectivity index (χ3v) is 2.76. The lowest BCUT2D eigenvalue weighted by molar-refractivity contribution is 0.124. The Hall–Kier alpha value is -2.95. The lowest BCUT2D eigenvalue weighted by atomic mass is 10.2. The van der Waals surface area contributed by atoms with Gasteiger partial charge in [-0.3, -0.25) is 0 Å². The van der Waals surface area contributed by atoms with Crippen LogP contribution in [0, 0.1) is 40.4 Å². The van der Waals surface area contributed by atoms with Gasteiger partial charge >= 0.3 is 0 Å². The average molecular weight is 325 g/mol. The molecule has 0 N–H and O–H groups in total. The Morgan fingerprint density at radius 1 is 0.826 bits per heavy atom. The van der Waals surface area contributed by atoms with Gasteiger partial charge in [-0.1, -0.05) is 17.3 Å². The van der Waals surface area contributed by atoms with Crippen molar-refractivity contribution < 1.29 is 26.8 Å². The predicted octanol–water partition coefficient (Wildman–Crippen LogP) is 3.68. The largest absolute Gasteiger partial charge is 0.390 e. The summed E-state index contributed by atoms with van der Waals surface area (Å²) in [6, 6.07) is 7.80. The van der Waals surface area contributed by atoms with Gasteiger partial charge in [0.15, 0.2) is 23.3 Å². The second-order valence-electron chi connectivity index (χ2n) is 4.21. The Balaban J connectivity index is 2.09. The molecule has 0 saturated heterocycles. The van der Waals surface area contributed by atoms with Crippen molar-refractivity contribution in [2.24, 2.45) is 5.16 Å². The summed E-state index contributed by atoms with van der Waals surface area (Å²) in [5.41, 5.74) is -0.342. The highest BCUT2D eigenvalue weighted by Gasteiger charge is 2.25. The van der Waals surface area contributed by atoms with Gasteiger partial charge in [0.2, 0.25) is 5.82 Å². The summed E-state index contributed by atoms with van der Waals surface area (Å²) in [4.78, 5) is 4.50. The summed E-state index contributed by atoms with van der Waals surface area (Å²) in [5.74, 6) is -10.3. The van der Waals surface area contributed by atoms with E-state index in [0.29, 0.717) is 11.1 Å². The number of nitriles is 1. The standard InChI is InChI=1S/C15H6F5N2O/c16-11-10(12(17)14(19)15(20)13(11)18)7-23-22-6-9-3-1-8(5-21)2-4-9/h1-4H,7H2. The van der Waals surface area contributed by atoms with Crippen molar-refractivity contribution in [3.8, 4) is 6.07 Å². The van der Waals surface area contributed by atoms with Gasteiger partial charge in [-0.15, -0.1) is 0 Å². The fourth-order valence-corrected chi connectivity index (χ4v) is 1.58. The SMILES string of the molecule is N#Cc1ccc(/[C]=N\OCc2c(F)c(F)c(F)c(F)c2F)cc1. The molecule has 3 nitrogen and oxygen atoms in total. The van der Waals surface area contributed by atoms with Crippen LogP contribution in [0.5, 0.6) is 0 Å². The molecule has 0 aliphatic carbocycles. The Kier molecular flexibility index (Phi) is 4.91. The summed E-state index contributed by atoms with van der Waals surface area (Å²) < 4.78 is 65.4. The minimum atomic E-state index is -2.24. The molecule has 0 bridgehead atoms. The highest BCUT2D eigenvalue weighted by molar-refractivity contribution is 5.79. The molecule has 2 aromatic rings. The third-order valence-electron chi connectivity index (χ3n) is 2.76. The fraction of sp³-hybridized carbons (Fsp3) is 0.0667. The molecule has 2 aromatic carbocycles. The quantitative estimate of drug-likeness (QED) is 0.283. The molecule has 2 rings (SSSR count). The van der Waals surface area contributed by atoms with Gasteiger partial charge in [0.05, 0.1) is 17.2 Å². The second kappa shape index (κ2) is 6.87. The van der Waals surface area contributed by atoms with E-state index < -0.39 is 41.3 Å². The van der Waals surface area contributed by atoms with Crippen LogP contribution in [0.4, 0.5) is 22.0 Å². The fourth-order valence-electron chi connectivity index (χ4n) is 1.58. The molecular formula is C15H6F5N2O.